The van der Waals surface area contributed by atoms with E-state index in [0.717, 1.165) is 50.2 Å². The summed E-state index contributed by atoms with van der Waals surface area (Å²) < 4.78 is 7.47. The van der Waals surface area contributed by atoms with Gasteiger partial charge in [-0.1, -0.05) is 23.8 Å². The first-order chi connectivity index (χ1) is 13.7. The Morgan fingerprint density at radius 2 is 2.18 bits per heavy atom. The van der Waals surface area contributed by atoms with Crippen molar-refractivity contribution in [2.24, 2.45) is 0 Å². The Balaban J connectivity index is 1.29. The summed E-state index contributed by atoms with van der Waals surface area (Å²) >= 11 is 0. The molecule has 1 aromatic carbocycles. The van der Waals surface area contributed by atoms with Gasteiger partial charge in [0.1, 0.15) is 0 Å². The first-order valence-corrected chi connectivity index (χ1v) is 10.1. The molecule has 2 aliphatic heterocycles. The molecular weight excluding hydrogens is 352 g/mol. The summed E-state index contributed by atoms with van der Waals surface area (Å²) in [6, 6.07) is 8.35. The van der Waals surface area contributed by atoms with Crippen LogP contribution in [0.15, 0.2) is 42.7 Å². The molecule has 2 aliphatic rings. The third kappa shape index (κ3) is 4.69. The van der Waals surface area contributed by atoms with E-state index < -0.39 is 0 Å². The predicted molar refractivity (Wildman–Crippen MR) is 109 cm³/mol. The van der Waals surface area contributed by atoms with Gasteiger partial charge >= 0.3 is 0 Å². The molecule has 1 amide bonds. The molecule has 1 saturated heterocycles. The van der Waals surface area contributed by atoms with Gasteiger partial charge in [0.2, 0.25) is 5.91 Å². The first-order valence-electron chi connectivity index (χ1n) is 10.1. The van der Waals surface area contributed by atoms with E-state index in [1.165, 1.54) is 11.1 Å². The topological polar surface area (TPSA) is 59.4 Å². The lowest BCUT2D eigenvalue weighted by Crippen LogP contribution is -2.41. The lowest BCUT2D eigenvalue weighted by atomic mass is 10.0. The van der Waals surface area contributed by atoms with Crippen molar-refractivity contribution >= 4 is 11.5 Å². The van der Waals surface area contributed by atoms with Gasteiger partial charge in [0.05, 0.1) is 24.5 Å². The highest BCUT2D eigenvalue weighted by molar-refractivity contribution is 5.78. The van der Waals surface area contributed by atoms with Crippen molar-refractivity contribution < 1.29 is 9.53 Å². The van der Waals surface area contributed by atoms with Crippen molar-refractivity contribution in [2.45, 2.75) is 32.3 Å². The Labute approximate surface area is 166 Å². The van der Waals surface area contributed by atoms with Crippen molar-refractivity contribution in [3.63, 3.8) is 0 Å². The second-order valence-corrected chi connectivity index (χ2v) is 7.66. The van der Waals surface area contributed by atoms with E-state index in [2.05, 4.69) is 58.8 Å². The minimum Gasteiger partial charge on any atom is -0.376 e. The number of ether oxygens (including phenoxy) is 1. The van der Waals surface area contributed by atoms with Crippen LogP contribution in [0, 0.1) is 6.92 Å². The number of aryl methyl sites for hydroxylation is 1. The average Bonchev–Trinajstić information content (AvgIpc) is 3.40. The standard InChI is InChI=1S/C22H28N4O2/c1-17-4-6-20(7-5-17)26-15-19(13-24-26)18-8-10-25(11-9-18)16-22(27)23-14-21-3-2-12-28-21/h4-8,13,15,21H,2-3,9-12,14,16H2,1H3,(H,23,27)/t21-/m0/s1. The summed E-state index contributed by atoms with van der Waals surface area (Å²) in [6.07, 6.45) is 9.50. The molecule has 0 saturated carbocycles. The van der Waals surface area contributed by atoms with Crippen LogP contribution < -0.4 is 5.32 Å². The largest absolute Gasteiger partial charge is 0.376 e. The van der Waals surface area contributed by atoms with Crippen LogP contribution in [-0.4, -0.2) is 59.5 Å². The number of amides is 1. The summed E-state index contributed by atoms with van der Waals surface area (Å²) in [5, 5.41) is 7.51. The molecule has 4 rings (SSSR count). The minimum atomic E-state index is 0.0829. The van der Waals surface area contributed by atoms with Gasteiger partial charge in [-0.05, 0) is 43.9 Å². The molecule has 1 aromatic heterocycles. The van der Waals surface area contributed by atoms with Gasteiger partial charge in [0.25, 0.3) is 0 Å². The number of rotatable bonds is 6. The maximum absolute atomic E-state index is 12.2. The highest BCUT2D eigenvalue weighted by Gasteiger charge is 2.19. The predicted octanol–water partition coefficient (Wildman–Crippen LogP) is 2.57. The number of nitrogens with zero attached hydrogens (tertiary/aromatic N) is 3. The number of hydrogen-bond donors (Lipinski definition) is 1. The van der Waals surface area contributed by atoms with Gasteiger partial charge in [0.15, 0.2) is 0 Å². The molecule has 1 atom stereocenters. The summed E-state index contributed by atoms with van der Waals surface area (Å²) in [5.41, 5.74) is 4.77. The van der Waals surface area contributed by atoms with E-state index in [1.807, 2.05) is 10.9 Å². The van der Waals surface area contributed by atoms with Gasteiger partial charge < -0.3 is 10.1 Å². The fourth-order valence-corrected chi connectivity index (χ4v) is 3.74. The number of hydrogen-bond acceptors (Lipinski definition) is 4. The summed E-state index contributed by atoms with van der Waals surface area (Å²) in [6.45, 7) is 5.65. The molecule has 6 nitrogen and oxygen atoms in total. The van der Waals surface area contributed by atoms with Crippen LogP contribution in [0.5, 0.6) is 0 Å². The molecule has 0 spiro atoms. The monoisotopic (exact) mass is 380 g/mol. The molecule has 148 valence electrons. The zero-order chi connectivity index (χ0) is 19.3. The van der Waals surface area contributed by atoms with E-state index in [-0.39, 0.29) is 12.0 Å². The summed E-state index contributed by atoms with van der Waals surface area (Å²) in [7, 11) is 0. The molecule has 0 bridgehead atoms. The normalized spacial score (nSPS) is 20.2. The van der Waals surface area contributed by atoms with Crippen LogP contribution >= 0.6 is 0 Å². The fraction of sp³-hybridized carbons (Fsp3) is 0.455. The van der Waals surface area contributed by atoms with Crippen molar-refractivity contribution in [3.05, 3.63) is 53.9 Å². The Bertz CT molecular complexity index is 834. The molecule has 0 radical (unpaired) electrons. The molecule has 3 heterocycles. The maximum Gasteiger partial charge on any atom is 0.234 e. The van der Waals surface area contributed by atoms with Gasteiger partial charge in [0, 0.05) is 38.0 Å². The number of carbonyl (C=O) groups excluding carboxylic acids is 1. The van der Waals surface area contributed by atoms with Crippen LogP contribution in [0.1, 0.15) is 30.4 Å². The van der Waals surface area contributed by atoms with E-state index in [1.54, 1.807) is 0 Å². The van der Waals surface area contributed by atoms with Crippen molar-refractivity contribution in [1.29, 1.82) is 0 Å². The van der Waals surface area contributed by atoms with Crippen LogP contribution in [0.3, 0.4) is 0 Å². The molecule has 0 aliphatic carbocycles. The molecule has 28 heavy (non-hydrogen) atoms. The maximum atomic E-state index is 12.2. The van der Waals surface area contributed by atoms with Crippen LogP contribution in [-0.2, 0) is 9.53 Å². The number of benzene rings is 1. The number of carbonyl (C=O) groups is 1. The average molecular weight is 380 g/mol. The molecule has 6 heteroatoms. The second-order valence-electron chi connectivity index (χ2n) is 7.66. The van der Waals surface area contributed by atoms with Crippen LogP contribution in [0.25, 0.3) is 11.3 Å². The van der Waals surface area contributed by atoms with Gasteiger partial charge in [-0.3, -0.25) is 9.69 Å². The Hall–Kier alpha value is -2.44. The highest BCUT2D eigenvalue weighted by Crippen LogP contribution is 2.23. The van der Waals surface area contributed by atoms with Gasteiger partial charge in [-0.15, -0.1) is 0 Å². The smallest absolute Gasteiger partial charge is 0.234 e. The lowest BCUT2D eigenvalue weighted by molar-refractivity contribution is -0.122. The van der Waals surface area contributed by atoms with Crippen molar-refractivity contribution in [2.75, 3.05) is 32.8 Å². The molecule has 1 fully saturated rings. The molecule has 0 unspecified atom stereocenters. The SMILES string of the molecule is Cc1ccc(-n2cc(C3=CCN(CC(=O)NC[C@@H]4CCCO4)CC3)cn2)cc1. The molecule has 2 aromatic rings. The summed E-state index contributed by atoms with van der Waals surface area (Å²) in [5.74, 6) is 0.0829. The number of nitrogens with one attached hydrogen (secondary N) is 1. The third-order valence-corrected chi connectivity index (χ3v) is 5.46. The van der Waals surface area contributed by atoms with Crippen molar-refractivity contribution in [1.82, 2.24) is 20.0 Å². The summed E-state index contributed by atoms with van der Waals surface area (Å²) in [4.78, 5) is 14.3. The first kappa shape index (κ1) is 18.9. The Kier molecular flexibility index (Phi) is 5.88. The van der Waals surface area contributed by atoms with E-state index >= 15 is 0 Å². The van der Waals surface area contributed by atoms with Crippen LogP contribution in [0.4, 0.5) is 0 Å². The van der Waals surface area contributed by atoms with E-state index in [0.29, 0.717) is 13.1 Å². The van der Waals surface area contributed by atoms with Gasteiger partial charge in [-0.25, -0.2) is 4.68 Å². The van der Waals surface area contributed by atoms with E-state index in [9.17, 15) is 4.79 Å². The van der Waals surface area contributed by atoms with Crippen LogP contribution in [0.2, 0.25) is 0 Å². The molecule has 1 N–H and O–H groups in total. The zero-order valence-corrected chi connectivity index (χ0v) is 16.4. The third-order valence-electron chi connectivity index (χ3n) is 5.46. The minimum absolute atomic E-state index is 0.0829. The second kappa shape index (κ2) is 8.71. The van der Waals surface area contributed by atoms with Gasteiger partial charge in [-0.2, -0.15) is 5.10 Å². The lowest BCUT2D eigenvalue weighted by Gasteiger charge is -2.25. The van der Waals surface area contributed by atoms with Crippen molar-refractivity contribution in [3.8, 4) is 5.69 Å². The quantitative estimate of drug-likeness (QED) is 0.837. The highest BCUT2D eigenvalue weighted by atomic mass is 16.5. The number of aromatic nitrogens is 2. The molecular formula is C22H28N4O2. The Morgan fingerprint density at radius 3 is 2.89 bits per heavy atom. The van der Waals surface area contributed by atoms with E-state index in [4.69, 9.17) is 4.74 Å². The Morgan fingerprint density at radius 1 is 1.32 bits per heavy atom. The zero-order valence-electron chi connectivity index (χ0n) is 16.4. The fourth-order valence-electron chi connectivity index (χ4n) is 3.74.